The molecule has 0 aromatic heterocycles. The van der Waals surface area contributed by atoms with Crippen LogP contribution in [0.4, 0.5) is 8.78 Å². The average molecular weight is 254 g/mol. The molecule has 0 radical (unpaired) electrons. The Hall–Kier alpha value is -1.29. The highest BCUT2D eigenvalue weighted by atomic mass is 19.1. The van der Waals surface area contributed by atoms with Gasteiger partial charge in [-0.05, 0) is 24.5 Å². The average Bonchev–Trinajstić information content (AvgIpc) is 2.81. The van der Waals surface area contributed by atoms with Gasteiger partial charge in [-0.2, -0.15) is 0 Å². The fourth-order valence-electron chi connectivity index (χ4n) is 2.40. The summed E-state index contributed by atoms with van der Waals surface area (Å²) < 4.78 is 31.7. The number of Topliss-reactive ketones (excluding diaryl/α,β-unsaturated/α-hetero) is 1. The summed E-state index contributed by atoms with van der Waals surface area (Å²) >= 11 is 0. The minimum atomic E-state index is -0.657. The number of halogens is 2. The lowest BCUT2D eigenvalue weighted by atomic mass is 9.91. The normalized spacial score (nSPS) is 23.3. The Bertz CT molecular complexity index is 445. The SMILES string of the molecule is CCC1OCCC1C(=O)Cc1ccc(F)cc1F. The van der Waals surface area contributed by atoms with Crippen LogP contribution in [0.3, 0.4) is 0 Å². The molecule has 0 aliphatic carbocycles. The zero-order chi connectivity index (χ0) is 13.1. The second-order valence-corrected chi connectivity index (χ2v) is 4.59. The van der Waals surface area contributed by atoms with E-state index in [0.29, 0.717) is 13.0 Å². The Kier molecular flexibility index (Phi) is 4.07. The van der Waals surface area contributed by atoms with E-state index < -0.39 is 11.6 Å². The van der Waals surface area contributed by atoms with Crippen molar-refractivity contribution < 1.29 is 18.3 Å². The zero-order valence-electron chi connectivity index (χ0n) is 10.3. The van der Waals surface area contributed by atoms with Crippen LogP contribution >= 0.6 is 0 Å². The van der Waals surface area contributed by atoms with Gasteiger partial charge in [0.15, 0.2) is 0 Å². The molecule has 1 aromatic carbocycles. The number of rotatable bonds is 4. The van der Waals surface area contributed by atoms with Crippen LogP contribution in [-0.4, -0.2) is 18.5 Å². The highest BCUT2D eigenvalue weighted by Gasteiger charge is 2.32. The van der Waals surface area contributed by atoms with E-state index in [4.69, 9.17) is 4.74 Å². The molecule has 1 fully saturated rings. The molecule has 0 N–H and O–H groups in total. The molecule has 98 valence electrons. The molecule has 0 spiro atoms. The van der Waals surface area contributed by atoms with Crippen molar-refractivity contribution in [1.29, 1.82) is 0 Å². The maximum Gasteiger partial charge on any atom is 0.143 e. The van der Waals surface area contributed by atoms with E-state index in [0.717, 1.165) is 12.5 Å². The lowest BCUT2D eigenvalue weighted by Gasteiger charge is -2.15. The molecule has 0 bridgehead atoms. The first-order valence-corrected chi connectivity index (χ1v) is 6.20. The standard InChI is InChI=1S/C14H16F2O2/c1-2-14-11(5-6-18-14)13(17)7-9-3-4-10(15)8-12(9)16/h3-4,8,11,14H,2,5-7H2,1H3. The van der Waals surface area contributed by atoms with Gasteiger partial charge in [0.05, 0.1) is 6.10 Å². The van der Waals surface area contributed by atoms with Gasteiger partial charge in [0.1, 0.15) is 17.4 Å². The van der Waals surface area contributed by atoms with Gasteiger partial charge >= 0.3 is 0 Å². The summed E-state index contributed by atoms with van der Waals surface area (Å²) in [6, 6.07) is 3.32. The van der Waals surface area contributed by atoms with Crippen LogP contribution in [0.5, 0.6) is 0 Å². The fraction of sp³-hybridized carbons (Fsp3) is 0.500. The molecule has 2 atom stereocenters. The summed E-state index contributed by atoms with van der Waals surface area (Å²) in [7, 11) is 0. The Morgan fingerprint density at radius 3 is 2.89 bits per heavy atom. The lowest BCUT2D eigenvalue weighted by Crippen LogP contribution is -2.25. The molecule has 2 rings (SSSR count). The van der Waals surface area contributed by atoms with Crippen LogP contribution < -0.4 is 0 Å². The third kappa shape index (κ3) is 2.75. The van der Waals surface area contributed by atoms with E-state index in [1.807, 2.05) is 6.92 Å². The van der Waals surface area contributed by atoms with Gasteiger partial charge in [0, 0.05) is 25.0 Å². The van der Waals surface area contributed by atoms with E-state index in [9.17, 15) is 13.6 Å². The van der Waals surface area contributed by atoms with E-state index in [1.165, 1.54) is 12.1 Å². The summed E-state index contributed by atoms with van der Waals surface area (Å²) in [6.45, 7) is 2.55. The number of carbonyl (C=O) groups excluding carboxylic acids is 1. The van der Waals surface area contributed by atoms with Crippen molar-refractivity contribution >= 4 is 5.78 Å². The van der Waals surface area contributed by atoms with Crippen LogP contribution in [0.2, 0.25) is 0 Å². The number of carbonyl (C=O) groups is 1. The van der Waals surface area contributed by atoms with Crippen molar-refractivity contribution in [3.63, 3.8) is 0 Å². The largest absolute Gasteiger partial charge is 0.377 e. The van der Waals surface area contributed by atoms with E-state index in [2.05, 4.69) is 0 Å². The predicted molar refractivity (Wildman–Crippen MR) is 63.2 cm³/mol. The van der Waals surface area contributed by atoms with Crippen molar-refractivity contribution in [2.45, 2.75) is 32.3 Å². The fourth-order valence-corrected chi connectivity index (χ4v) is 2.40. The summed E-state index contributed by atoms with van der Waals surface area (Å²) in [4.78, 5) is 12.1. The molecular weight excluding hydrogens is 238 g/mol. The van der Waals surface area contributed by atoms with Crippen molar-refractivity contribution in [2.75, 3.05) is 6.61 Å². The number of hydrogen-bond donors (Lipinski definition) is 0. The van der Waals surface area contributed by atoms with Gasteiger partial charge in [-0.3, -0.25) is 4.79 Å². The van der Waals surface area contributed by atoms with Gasteiger partial charge < -0.3 is 4.74 Å². The molecule has 4 heteroatoms. The first kappa shape index (κ1) is 13.1. The molecule has 1 aliphatic heterocycles. The summed E-state index contributed by atoms with van der Waals surface area (Å²) in [5.74, 6) is -1.46. The van der Waals surface area contributed by atoms with Crippen LogP contribution in [0, 0.1) is 17.6 Å². The van der Waals surface area contributed by atoms with Crippen LogP contribution in [-0.2, 0) is 16.0 Å². The molecule has 1 saturated heterocycles. The smallest absolute Gasteiger partial charge is 0.143 e. The Morgan fingerprint density at radius 1 is 1.44 bits per heavy atom. The number of hydrogen-bond acceptors (Lipinski definition) is 2. The van der Waals surface area contributed by atoms with Gasteiger partial charge in [0.25, 0.3) is 0 Å². The highest BCUT2D eigenvalue weighted by molar-refractivity contribution is 5.84. The van der Waals surface area contributed by atoms with E-state index in [1.54, 1.807) is 0 Å². The van der Waals surface area contributed by atoms with Crippen molar-refractivity contribution in [3.05, 3.63) is 35.4 Å². The zero-order valence-corrected chi connectivity index (χ0v) is 10.3. The summed E-state index contributed by atoms with van der Waals surface area (Å²) in [5.41, 5.74) is 0.253. The number of ether oxygens (including phenoxy) is 1. The molecule has 0 amide bonds. The number of benzene rings is 1. The van der Waals surface area contributed by atoms with Gasteiger partial charge in [-0.1, -0.05) is 13.0 Å². The maximum absolute atomic E-state index is 13.5. The van der Waals surface area contributed by atoms with Gasteiger partial charge in [-0.25, -0.2) is 8.78 Å². The monoisotopic (exact) mass is 254 g/mol. The Balaban J connectivity index is 2.07. The van der Waals surface area contributed by atoms with Crippen LogP contribution in [0.25, 0.3) is 0 Å². The molecule has 1 aromatic rings. The van der Waals surface area contributed by atoms with Crippen molar-refractivity contribution in [2.24, 2.45) is 5.92 Å². The molecule has 18 heavy (non-hydrogen) atoms. The summed E-state index contributed by atoms with van der Waals surface area (Å²) in [5, 5.41) is 0. The third-order valence-electron chi connectivity index (χ3n) is 3.41. The lowest BCUT2D eigenvalue weighted by molar-refractivity contribution is -0.123. The highest BCUT2D eigenvalue weighted by Crippen LogP contribution is 2.26. The predicted octanol–water partition coefficient (Wildman–Crippen LogP) is 2.89. The quantitative estimate of drug-likeness (QED) is 0.825. The van der Waals surface area contributed by atoms with Gasteiger partial charge in [-0.15, -0.1) is 0 Å². The minimum absolute atomic E-state index is 0.0106. The van der Waals surface area contributed by atoms with Crippen molar-refractivity contribution in [1.82, 2.24) is 0 Å². The maximum atomic E-state index is 13.5. The molecule has 2 unspecified atom stereocenters. The molecule has 1 aliphatic rings. The second kappa shape index (κ2) is 5.57. The van der Waals surface area contributed by atoms with E-state index >= 15 is 0 Å². The topological polar surface area (TPSA) is 26.3 Å². The van der Waals surface area contributed by atoms with Gasteiger partial charge in [0.2, 0.25) is 0 Å². The molecular formula is C14H16F2O2. The molecule has 1 heterocycles. The van der Waals surface area contributed by atoms with Crippen molar-refractivity contribution in [3.8, 4) is 0 Å². The molecule has 2 nitrogen and oxygen atoms in total. The first-order chi connectivity index (χ1) is 8.61. The minimum Gasteiger partial charge on any atom is -0.377 e. The van der Waals surface area contributed by atoms with E-state index in [-0.39, 0.29) is 29.8 Å². The molecule has 0 saturated carbocycles. The van der Waals surface area contributed by atoms with Crippen LogP contribution in [0.15, 0.2) is 18.2 Å². The Labute approximate surface area is 105 Å². The first-order valence-electron chi connectivity index (χ1n) is 6.20. The second-order valence-electron chi connectivity index (χ2n) is 4.59. The van der Waals surface area contributed by atoms with Crippen LogP contribution in [0.1, 0.15) is 25.3 Å². The summed E-state index contributed by atoms with van der Waals surface area (Å²) in [6.07, 6.45) is 1.43. The number of ketones is 1. The third-order valence-corrected chi connectivity index (χ3v) is 3.41. The Morgan fingerprint density at radius 2 is 2.22 bits per heavy atom.